The maximum absolute atomic E-state index is 12.0. The van der Waals surface area contributed by atoms with Gasteiger partial charge in [0, 0.05) is 23.7 Å². The van der Waals surface area contributed by atoms with Gasteiger partial charge in [0.2, 0.25) is 0 Å². The molecule has 118 valence electrons. The molecule has 0 saturated heterocycles. The van der Waals surface area contributed by atoms with Crippen LogP contribution in [0.5, 0.6) is 0 Å². The first-order chi connectivity index (χ1) is 10.5. The Kier molecular flexibility index (Phi) is 5.26. The SMILES string of the molecule is CCc1ccc(CNc2ccc(C(=O)NC(C)C)cc2C)o1. The van der Waals surface area contributed by atoms with Gasteiger partial charge in [0.1, 0.15) is 11.5 Å². The summed E-state index contributed by atoms with van der Waals surface area (Å²) in [7, 11) is 0. The first-order valence-corrected chi connectivity index (χ1v) is 7.72. The minimum absolute atomic E-state index is 0.0386. The average molecular weight is 300 g/mol. The van der Waals surface area contributed by atoms with Crippen molar-refractivity contribution in [1.82, 2.24) is 5.32 Å². The fourth-order valence-electron chi connectivity index (χ4n) is 2.24. The predicted octanol–water partition coefficient (Wildman–Crippen LogP) is 3.90. The fourth-order valence-corrected chi connectivity index (χ4v) is 2.24. The van der Waals surface area contributed by atoms with E-state index >= 15 is 0 Å². The van der Waals surface area contributed by atoms with Crippen molar-refractivity contribution in [1.29, 1.82) is 0 Å². The molecule has 2 rings (SSSR count). The van der Waals surface area contributed by atoms with Crippen LogP contribution in [0.3, 0.4) is 0 Å². The number of benzene rings is 1. The summed E-state index contributed by atoms with van der Waals surface area (Å²) in [6, 6.07) is 9.81. The van der Waals surface area contributed by atoms with Crippen LogP contribution in [0.1, 0.15) is 48.2 Å². The van der Waals surface area contributed by atoms with Crippen molar-refractivity contribution in [3.8, 4) is 0 Å². The highest BCUT2D eigenvalue weighted by Crippen LogP contribution is 2.18. The van der Waals surface area contributed by atoms with E-state index < -0.39 is 0 Å². The molecule has 1 heterocycles. The molecule has 0 radical (unpaired) electrons. The van der Waals surface area contributed by atoms with Gasteiger partial charge in [-0.25, -0.2) is 0 Å². The summed E-state index contributed by atoms with van der Waals surface area (Å²) in [4.78, 5) is 12.0. The van der Waals surface area contributed by atoms with Crippen LogP contribution < -0.4 is 10.6 Å². The highest BCUT2D eigenvalue weighted by atomic mass is 16.3. The molecule has 0 unspecified atom stereocenters. The number of amides is 1. The molecule has 0 aliphatic rings. The normalized spacial score (nSPS) is 10.8. The summed E-state index contributed by atoms with van der Waals surface area (Å²) >= 11 is 0. The van der Waals surface area contributed by atoms with Crippen LogP contribution in [0, 0.1) is 6.92 Å². The molecule has 22 heavy (non-hydrogen) atoms. The van der Waals surface area contributed by atoms with Crippen LogP contribution in [-0.4, -0.2) is 11.9 Å². The molecule has 0 fully saturated rings. The van der Waals surface area contributed by atoms with Crippen molar-refractivity contribution in [3.05, 3.63) is 53.0 Å². The Labute approximate surface area is 131 Å². The van der Waals surface area contributed by atoms with Crippen LogP contribution in [0.2, 0.25) is 0 Å². The van der Waals surface area contributed by atoms with Gasteiger partial charge in [0.05, 0.1) is 6.54 Å². The highest BCUT2D eigenvalue weighted by molar-refractivity contribution is 5.95. The van der Waals surface area contributed by atoms with Crippen LogP contribution in [0.15, 0.2) is 34.7 Å². The molecule has 2 N–H and O–H groups in total. The van der Waals surface area contributed by atoms with E-state index in [0.717, 1.165) is 29.2 Å². The molecule has 0 aliphatic heterocycles. The van der Waals surface area contributed by atoms with E-state index in [1.54, 1.807) is 0 Å². The lowest BCUT2D eigenvalue weighted by Gasteiger charge is -2.12. The van der Waals surface area contributed by atoms with Crippen LogP contribution in [0.25, 0.3) is 0 Å². The number of hydrogen-bond acceptors (Lipinski definition) is 3. The molecule has 1 aromatic carbocycles. The zero-order chi connectivity index (χ0) is 16.1. The Morgan fingerprint density at radius 3 is 2.50 bits per heavy atom. The number of furan rings is 1. The summed E-state index contributed by atoms with van der Waals surface area (Å²) < 4.78 is 5.67. The third-order valence-corrected chi connectivity index (χ3v) is 3.43. The number of anilines is 1. The minimum atomic E-state index is -0.0386. The minimum Gasteiger partial charge on any atom is -0.464 e. The molecule has 2 aromatic rings. The van der Waals surface area contributed by atoms with E-state index in [4.69, 9.17) is 4.42 Å². The van der Waals surface area contributed by atoms with Gasteiger partial charge in [-0.15, -0.1) is 0 Å². The molecular formula is C18H24N2O2. The van der Waals surface area contributed by atoms with Crippen molar-refractivity contribution < 1.29 is 9.21 Å². The second-order valence-corrected chi connectivity index (χ2v) is 5.73. The van der Waals surface area contributed by atoms with Crippen LogP contribution in [0.4, 0.5) is 5.69 Å². The van der Waals surface area contributed by atoms with Crippen molar-refractivity contribution >= 4 is 11.6 Å². The average Bonchev–Trinajstić information content (AvgIpc) is 2.93. The topological polar surface area (TPSA) is 54.3 Å². The van der Waals surface area contributed by atoms with Crippen molar-refractivity contribution in [2.24, 2.45) is 0 Å². The van der Waals surface area contributed by atoms with Crippen molar-refractivity contribution in [2.75, 3.05) is 5.32 Å². The largest absolute Gasteiger partial charge is 0.464 e. The zero-order valence-corrected chi connectivity index (χ0v) is 13.7. The first-order valence-electron chi connectivity index (χ1n) is 7.72. The molecule has 0 atom stereocenters. The molecule has 0 aliphatic carbocycles. The van der Waals surface area contributed by atoms with E-state index in [1.165, 1.54) is 0 Å². The lowest BCUT2D eigenvalue weighted by atomic mass is 10.1. The number of carbonyl (C=O) groups excluding carboxylic acids is 1. The molecule has 0 bridgehead atoms. The van der Waals surface area contributed by atoms with Gasteiger partial charge in [0.15, 0.2) is 0 Å². The number of nitrogens with one attached hydrogen (secondary N) is 2. The van der Waals surface area contributed by atoms with Crippen molar-refractivity contribution in [2.45, 2.75) is 46.7 Å². The van der Waals surface area contributed by atoms with E-state index in [1.807, 2.05) is 51.1 Å². The maximum atomic E-state index is 12.0. The summed E-state index contributed by atoms with van der Waals surface area (Å²) in [5.41, 5.74) is 2.73. The quantitative estimate of drug-likeness (QED) is 0.850. The first kappa shape index (κ1) is 16.1. The summed E-state index contributed by atoms with van der Waals surface area (Å²) in [5, 5.41) is 6.25. The predicted molar refractivity (Wildman–Crippen MR) is 89.2 cm³/mol. The van der Waals surface area contributed by atoms with Gasteiger partial charge in [-0.3, -0.25) is 4.79 Å². The maximum Gasteiger partial charge on any atom is 0.251 e. The fraction of sp³-hybridized carbons (Fsp3) is 0.389. The molecule has 1 aromatic heterocycles. The Balaban J connectivity index is 2.01. The smallest absolute Gasteiger partial charge is 0.251 e. The monoisotopic (exact) mass is 300 g/mol. The van der Waals surface area contributed by atoms with E-state index in [9.17, 15) is 4.79 Å². The molecular weight excluding hydrogens is 276 g/mol. The van der Waals surface area contributed by atoms with Crippen LogP contribution in [-0.2, 0) is 13.0 Å². The highest BCUT2D eigenvalue weighted by Gasteiger charge is 2.09. The molecule has 0 saturated carbocycles. The van der Waals surface area contributed by atoms with E-state index in [2.05, 4.69) is 17.6 Å². The van der Waals surface area contributed by atoms with Crippen molar-refractivity contribution in [3.63, 3.8) is 0 Å². The van der Waals surface area contributed by atoms with Crippen LogP contribution >= 0.6 is 0 Å². The second kappa shape index (κ2) is 7.16. The summed E-state index contributed by atoms with van der Waals surface area (Å²) in [5.74, 6) is 1.87. The van der Waals surface area contributed by atoms with Gasteiger partial charge in [0.25, 0.3) is 5.91 Å². The Morgan fingerprint density at radius 2 is 1.91 bits per heavy atom. The second-order valence-electron chi connectivity index (χ2n) is 5.73. The molecule has 4 heteroatoms. The lowest BCUT2D eigenvalue weighted by molar-refractivity contribution is 0.0943. The number of hydrogen-bond donors (Lipinski definition) is 2. The van der Waals surface area contributed by atoms with Gasteiger partial charge in [-0.1, -0.05) is 6.92 Å². The van der Waals surface area contributed by atoms with Gasteiger partial charge >= 0.3 is 0 Å². The molecule has 0 spiro atoms. The molecule has 4 nitrogen and oxygen atoms in total. The van der Waals surface area contributed by atoms with Gasteiger partial charge in [-0.05, 0) is 56.7 Å². The van der Waals surface area contributed by atoms with Gasteiger partial charge < -0.3 is 15.1 Å². The third kappa shape index (κ3) is 4.13. The summed E-state index contributed by atoms with van der Waals surface area (Å²) in [6.07, 6.45) is 0.901. The number of aryl methyl sites for hydroxylation is 2. The Bertz CT molecular complexity index is 644. The van der Waals surface area contributed by atoms with E-state index in [0.29, 0.717) is 12.1 Å². The Hall–Kier alpha value is -2.23. The number of rotatable bonds is 6. The zero-order valence-electron chi connectivity index (χ0n) is 13.7. The van der Waals surface area contributed by atoms with E-state index in [-0.39, 0.29) is 11.9 Å². The standard InChI is InChI=1S/C18H24N2O2/c1-5-15-7-8-16(22-15)11-19-17-9-6-14(10-13(17)4)18(21)20-12(2)3/h6-10,12,19H,5,11H2,1-4H3,(H,20,21). The lowest BCUT2D eigenvalue weighted by Crippen LogP contribution is -2.30. The number of carbonyl (C=O) groups is 1. The molecule has 1 amide bonds. The Morgan fingerprint density at radius 1 is 1.18 bits per heavy atom. The van der Waals surface area contributed by atoms with Gasteiger partial charge in [-0.2, -0.15) is 0 Å². The summed E-state index contributed by atoms with van der Waals surface area (Å²) in [6.45, 7) is 8.61. The third-order valence-electron chi connectivity index (χ3n) is 3.43.